The molecule has 0 amide bonds. The van der Waals surface area contributed by atoms with Crippen LogP contribution >= 0.6 is 23.2 Å². The Morgan fingerprint density at radius 3 is 2.94 bits per heavy atom. The lowest BCUT2D eigenvalue weighted by Crippen LogP contribution is -2.30. The molecule has 4 heteroatoms. The average Bonchev–Trinajstić information content (AvgIpc) is 2.71. The highest BCUT2D eigenvalue weighted by molar-refractivity contribution is 6.30. The minimum atomic E-state index is -0.346. The number of rotatable bonds is 3. The van der Waals surface area contributed by atoms with Crippen LogP contribution in [0.15, 0.2) is 18.2 Å². The van der Waals surface area contributed by atoms with E-state index in [-0.39, 0.29) is 10.8 Å². The highest BCUT2D eigenvalue weighted by Crippen LogP contribution is 2.22. The first kappa shape index (κ1) is 12.2. The summed E-state index contributed by atoms with van der Waals surface area (Å²) in [6.07, 6.45) is 2.31. The molecule has 1 aromatic rings. The maximum atomic E-state index is 13.3. The number of hydrogen-bond acceptors (Lipinski definition) is 1. The zero-order chi connectivity index (χ0) is 11.5. The predicted molar refractivity (Wildman–Crippen MR) is 65.6 cm³/mol. The highest BCUT2D eigenvalue weighted by atomic mass is 35.5. The molecule has 1 saturated heterocycles. The number of halogens is 3. The summed E-state index contributed by atoms with van der Waals surface area (Å²) in [4.78, 5) is 2.30. The van der Waals surface area contributed by atoms with Gasteiger partial charge in [0, 0.05) is 18.5 Å². The fraction of sp³-hybridized carbons (Fsp3) is 0.500. The molecule has 1 aromatic carbocycles. The van der Waals surface area contributed by atoms with Crippen molar-refractivity contribution in [2.75, 3.05) is 12.4 Å². The Labute approximate surface area is 105 Å². The molecule has 88 valence electrons. The molecule has 0 spiro atoms. The molecule has 0 N–H and O–H groups in total. The molecule has 0 aromatic heterocycles. The molecule has 1 heterocycles. The van der Waals surface area contributed by atoms with Crippen LogP contribution in [-0.4, -0.2) is 23.4 Å². The Balaban J connectivity index is 2.05. The molecule has 1 aliphatic heterocycles. The second-order valence-corrected chi connectivity index (χ2v) is 4.89. The lowest BCUT2D eigenvalue weighted by atomic mass is 10.2. The van der Waals surface area contributed by atoms with E-state index < -0.39 is 0 Å². The van der Waals surface area contributed by atoms with Gasteiger partial charge in [0.2, 0.25) is 0 Å². The van der Waals surface area contributed by atoms with Crippen molar-refractivity contribution in [2.24, 2.45) is 0 Å². The zero-order valence-corrected chi connectivity index (χ0v) is 10.4. The molecule has 2 rings (SSSR count). The van der Waals surface area contributed by atoms with E-state index in [2.05, 4.69) is 4.90 Å². The van der Waals surface area contributed by atoms with Crippen LogP contribution in [0.25, 0.3) is 0 Å². The summed E-state index contributed by atoms with van der Waals surface area (Å²) in [7, 11) is 0. The van der Waals surface area contributed by atoms with E-state index in [0.717, 1.165) is 25.1 Å². The van der Waals surface area contributed by atoms with Crippen molar-refractivity contribution in [2.45, 2.75) is 25.4 Å². The average molecular weight is 262 g/mol. The number of nitrogens with zero attached hydrogens (tertiary/aromatic N) is 1. The van der Waals surface area contributed by atoms with E-state index in [4.69, 9.17) is 23.2 Å². The van der Waals surface area contributed by atoms with E-state index in [0.29, 0.717) is 11.9 Å². The van der Waals surface area contributed by atoms with Gasteiger partial charge in [-0.1, -0.05) is 17.7 Å². The molecule has 1 nitrogen and oxygen atoms in total. The largest absolute Gasteiger partial charge is 0.295 e. The van der Waals surface area contributed by atoms with Gasteiger partial charge in [0.1, 0.15) is 5.82 Å². The van der Waals surface area contributed by atoms with Gasteiger partial charge in [-0.25, -0.2) is 4.39 Å². The molecule has 0 radical (unpaired) electrons. The number of alkyl halides is 1. The summed E-state index contributed by atoms with van der Waals surface area (Å²) < 4.78 is 13.3. The zero-order valence-electron chi connectivity index (χ0n) is 8.93. The van der Waals surface area contributed by atoms with Gasteiger partial charge in [-0.3, -0.25) is 4.90 Å². The third-order valence-electron chi connectivity index (χ3n) is 3.05. The molecule has 1 aliphatic rings. The normalized spacial score (nSPS) is 21.6. The predicted octanol–water partition coefficient (Wildman–Crippen LogP) is 3.68. The minimum Gasteiger partial charge on any atom is -0.295 e. The summed E-state index contributed by atoms with van der Waals surface area (Å²) in [6, 6.07) is 5.42. The Morgan fingerprint density at radius 2 is 2.25 bits per heavy atom. The molecule has 0 saturated carbocycles. The van der Waals surface area contributed by atoms with Crippen molar-refractivity contribution in [3.8, 4) is 0 Å². The molecular weight excluding hydrogens is 248 g/mol. The first-order valence-corrected chi connectivity index (χ1v) is 6.36. The smallest absolute Gasteiger partial charge is 0.142 e. The quantitative estimate of drug-likeness (QED) is 0.751. The fourth-order valence-corrected chi connectivity index (χ4v) is 2.62. The second kappa shape index (κ2) is 5.35. The Hall–Kier alpha value is -0.310. The van der Waals surface area contributed by atoms with E-state index in [9.17, 15) is 4.39 Å². The van der Waals surface area contributed by atoms with Crippen LogP contribution in [0.5, 0.6) is 0 Å². The SMILES string of the molecule is Fc1cc(CN2CCCC2CCl)ccc1Cl. The van der Waals surface area contributed by atoms with Gasteiger partial charge in [-0.15, -0.1) is 11.6 Å². The van der Waals surface area contributed by atoms with Gasteiger partial charge in [-0.2, -0.15) is 0 Å². The Kier molecular flexibility index (Phi) is 4.06. The third kappa shape index (κ3) is 2.68. The van der Waals surface area contributed by atoms with E-state index in [1.54, 1.807) is 6.07 Å². The molecule has 0 aliphatic carbocycles. The van der Waals surface area contributed by atoms with Crippen molar-refractivity contribution >= 4 is 23.2 Å². The summed E-state index contributed by atoms with van der Waals surface area (Å²) in [5.74, 6) is 0.302. The Bertz CT molecular complexity index is 370. The monoisotopic (exact) mass is 261 g/mol. The molecule has 1 unspecified atom stereocenters. The standard InChI is InChI=1S/C12H14Cl2FN/c13-7-10-2-1-5-16(10)8-9-3-4-11(14)12(15)6-9/h3-4,6,10H,1-2,5,7-8H2. The summed E-state index contributed by atoms with van der Waals surface area (Å²) in [5.41, 5.74) is 0.957. The van der Waals surface area contributed by atoms with E-state index in [1.807, 2.05) is 6.07 Å². The molecule has 1 atom stereocenters. The first-order valence-electron chi connectivity index (χ1n) is 5.44. The Morgan fingerprint density at radius 1 is 1.44 bits per heavy atom. The van der Waals surface area contributed by atoms with Gasteiger partial charge in [0.15, 0.2) is 0 Å². The van der Waals surface area contributed by atoms with Crippen molar-refractivity contribution in [3.63, 3.8) is 0 Å². The lowest BCUT2D eigenvalue weighted by Gasteiger charge is -2.22. The van der Waals surface area contributed by atoms with Crippen molar-refractivity contribution in [1.82, 2.24) is 4.90 Å². The summed E-state index contributed by atoms with van der Waals surface area (Å²) in [5, 5.41) is 0.180. The van der Waals surface area contributed by atoms with Crippen LogP contribution in [0.1, 0.15) is 18.4 Å². The molecule has 16 heavy (non-hydrogen) atoms. The van der Waals surface area contributed by atoms with Crippen LogP contribution in [-0.2, 0) is 6.54 Å². The topological polar surface area (TPSA) is 3.24 Å². The van der Waals surface area contributed by atoms with Gasteiger partial charge in [-0.05, 0) is 37.1 Å². The molecular formula is C12H14Cl2FN. The van der Waals surface area contributed by atoms with Gasteiger partial charge >= 0.3 is 0 Å². The number of benzene rings is 1. The van der Waals surface area contributed by atoms with Crippen LogP contribution in [0.4, 0.5) is 4.39 Å². The van der Waals surface area contributed by atoms with Crippen molar-refractivity contribution in [3.05, 3.63) is 34.6 Å². The number of likely N-dealkylation sites (tertiary alicyclic amines) is 1. The van der Waals surface area contributed by atoms with Gasteiger partial charge in [0.05, 0.1) is 5.02 Å². The van der Waals surface area contributed by atoms with E-state index in [1.165, 1.54) is 12.5 Å². The van der Waals surface area contributed by atoms with Crippen molar-refractivity contribution in [1.29, 1.82) is 0 Å². The van der Waals surface area contributed by atoms with Crippen LogP contribution in [0.3, 0.4) is 0 Å². The van der Waals surface area contributed by atoms with Crippen molar-refractivity contribution < 1.29 is 4.39 Å². The number of hydrogen-bond donors (Lipinski definition) is 0. The maximum absolute atomic E-state index is 13.3. The second-order valence-electron chi connectivity index (χ2n) is 4.17. The fourth-order valence-electron chi connectivity index (χ4n) is 2.15. The van der Waals surface area contributed by atoms with Gasteiger partial charge in [0.25, 0.3) is 0 Å². The highest BCUT2D eigenvalue weighted by Gasteiger charge is 2.23. The third-order valence-corrected chi connectivity index (χ3v) is 3.71. The van der Waals surface area contributed by atoms with Crippen LogP contribution < -0.4 is 0 Å². The lowest BCUT2D eigenvalue weighted by molar-refractivity contribution is 0.262. The van der Waals surface area contributed by atoms with Crippen LogP contribution in [0.2, 0.25) is 5.02 Å². The summed E-state index contributed by atoms with van der Waals surface area (Å²) >= 11 is 11.5. The molecule has 0 bridgehead atoms. The first-order chi connectivity index (χ1) is 7.70. The minimum absolute atomic E-state index is 0.180. The van der Waals surface area contributed by atoms with Gasteiger partial charge < -0.3 is 0 Å². The molecule has 1 fully saturated rings. The summed E-state index contributed by atoms with van der Waals surface area (Å²) in [6.45, 7) is 1.80. The maximum Gasteiger partial charge on any atom is 0.142 e. The van der Waals surface area contributed by atoms with Crippen LogP contribution in [0, 0.1) is 5.82 Å². The van der Waals surface area contributed by atoms with E-state index >= 15 is 0 Å².